The van der Waals surface area contributed by atoms with E-state index in [4.69, 9.17) is 5.73 Å². The molecule has 20 heavy (non-hydrogen) atoms. The highest BCUT2D eigenvalue weighted by atomic mass is 16.1. The zero-order chi connectivity index (χ0) is 14.1. The minimum atomic E-state index is -0.0360. The first-order valence-electron chi connectivity index (χ1n) is 7.63. The van der Waals surface area contributed by atoms with E-state index in [1.807, 2.05) is 19.1 Å². The Labute approximate surface area is 120 Å². The number of nitrogens with zero attached hydrogens (tertiary/aromatic N) is 1. The monoisotopic (exact) mass is 273 g/mol. The van der Waals surface area contributed by atoms with E-state index in [1.165, 1.54) is 19.3 Å². The third-order valence-electron chi connectivity index (χ3n) is 4.80. The number of carbonyl (C=O) groups excluding carboxylic acids is 1. The molecule has 2 aliphatic carbocycles. The summed E-state index contributed by atoms with van der Waals surface area (Å²) < 4.78 is 0. The average molecular weight is 273 g/mol. The predicted octanol–water partition coefficient (Wildman–Crippen LogP) is 2.03. The molecule has 2 saturated carbocycles. The van der Waals surface area contributed by atoms with Crippen LogP contribution < -0.4 is 11.1 Å². The van der Waals surface area contributed by atoms with Gasteiger partial charge in [0.2, 0.25) is 0 Å². The number of nitrogens with one attached hydrogen (secondary N) is 1. The highest BCUT2D eigenvalue weighted by Crippen LogP contribution is 2.39. The van der Waals surface area contributed by atoms with Crippen LogP contribution in [0, 0.1) is 18.8 Å². The van der Waals surface area contributed by atoms with Crippen LogP contribution in [-0.4, -0.2) is 23.0 Å². The van der Waals surface area contributed by atoms with Gasteiger partial charge in [-0.1, -0.05) is 12.5 Å². The highest BCUT2D eigenvalue weighted by Gasteiger charge is 2.40. The second kappa shape index (κ2) is 5.52. The number of fused-ring (bicyclic) bond motifs is 2. The molecule has 0 radical (unpaired) electrons. The van der Waals surface area contributed by atoms with E-state index in [0.717, 1.165) is 18.5 Å². The number of aryl methyl sites for hydroxylation is 1. The zero-order valence-corrected chi connectivity index (χ0v) is 12.0. The fraction of sp³-hybridized carbons (Fsp3) is 0.625. The molecule has 0 aromatic carbocycles. The minimum Gasteiger partial charge on any atom is -0.347 e. The van der Waals surface area contributed by atoms with Crippen LogP contribution in [0.2, 0.25) is 0 Å². The van der Waals surface area contributed by atoms with Crippen LogP contribution in [0.3, 0.4) is 0 Å². The molecule has 1 aromatic heterocycles. The van der Waals surface area contributed by atoms with Gasteiger partial charge < -0.3 is 11.1 Å². The summed E-state index contributed by atoms with van der Waals surface area (Å²) in [5.41, 5.74) is 7.53. The van der Waals surface area contributed by atoms with E-state index in [9.17, 15) is 4.79 Å². The molecule has 2 unspecified atom stereocenters. The Bertz CT molecular complexity index is 488. The van der Waals surface area contributed by atoms with Crippen LogP contribution in [0.25, 0.3) is 0 Å². The van der Waals surface area contributed by atoms with Crippen molar-refractivity contribution in [3.8, 4) is 0 Å². The second-order valence-corrected chi connectivity index (χ2v) is 6.35. The van der Waals surface area contributed by atoms with Crippen molar-refractivity contribution in [2.24, 2.45) is 17.6 Å². The Morgan fingerprint density at radius 3 is 2.65 bits per heavy atom. The lowest BCUT2D eigenvalue weighted by Crippen LogP contribution is -2.53. The largest absolute Gasteiger partial charge is 0.347 e. The Morgan fingerprint density at radius 2 is 2.00 bits per heavy atom. The van der Waals surface area contributed by atoms with E-state index in [1.54, 1.807) is 6.07 Å². The first kappa shape index (κ1) is 13.6. The maximum Gasteiger partial charge on any atom is 0.270 e. The van der Waals surface area contributed by atoms with E-state index in [-0.39, 0.29) is 5.91 Å². The predicted molar refractivity (Wildman–Crippen MR) is 78.3 cm³/mol. The highest BCUT2D eigenvalue weighted by molar-refractivity contribution is 5.92. The smallest absolute Gasteiger partial charge is 0.270 e. The normalized spacial score (nSPS) is 32.7. The molecular formula is C16H23N3O. The Morgan fingerprint density at radius 1 is 1.30 bits per heavy atom. The summed E-state index contributed by atoms with van der Waals surface area (Å²) in [6.07, 6.45) is 5.75. The van der Waals surface area contributed by atoms with E-state index < -0.39 is 0 Å². The summed E-state index contributed by atoms with van der Waals surface area (Å²) in [6, 6.07) is 6.18. The first-order valence-corrected chi connectivity index (χ1v) is 7.63. The lowest BCUT2D eigenvalue weighted by Gasteiger charge is -2.45. The Kier molecular flexibility index (Phi) is 3.74. The number of amides is 1. The van der Waals surface area contributed by atoms with Crippen molar-refractivity contribution in [3.05, 3.63) is 29.6 Å². The van der Waals surface area contributed by atoms with Crippen molar-refractivity contribution in [2.45, 2.75) is 51.1 Å². The fourth-order valence-corrected chi connectivity index (χ4v) is 3.92. The molecule has 4 nitrogen and oxygen atoms in total. The van der Waals surface area contributed by atoms with E-state index in [2.05, 4.69) is 10.3 Å². The van der Waals surface area contributed by atoms with Crippen molar-refractivity contribution in [1.82, 2.24) is 10.3 Å². The van der Waals surface area contributed by atoms with Crippen LogP contribution in [0.1, 0.15) is 48.3 Å². The SMILES string of the molecule is Cc1cccc(C(=O)NC2C3CCCC2CC(N)C3)n1. The maximum atomic E-state index is 12.4. The van der Waals surface area contributed by atoms with Crippen LogP contribution in [0.5, 0.6) is 0 Å². The molecule has 2 aliphatic rings. The zero-order valence-electron chi connectivity index (χ0n) is 12.0. The molecule has 0 spiro atoms. The second-order valence-electron chi connectivity index (χ2n) is 6.35. The molecule has 2 atom stereocenters. The van der Waals surface area contributed by atoms with Crippen LogP contribution in [0.4, 0.5) is 0 Å². The van der Waals surface area contributed by atoms with Crippen molar-refractivity contribution in [2.75, 3.05) is 0 Å². The molecule has 1 heterocycles. The first-order chi connectivity index (χ1) is 9.63. The van der Waals surface area contributed by atoms with Gasteiger partial charge in [0.25, 0.3) is 5.91 Å². The van der Waals surface area contributed by atoms with Gasteiger partial charge in [0, 0.05) is 17.8 Å². The Hall–Kier alpha value is -1.42. The van der Waals surface area contributed by atoms with Gasteiger partial charge in [-0.25, -0.2) is 4.98 Å². The van der Waals surface area contributed by atoms with Crippen molar-refractivity contribution < 1.29 is 4.79 Å². The quantitative estimate of drug-likeness (QED) is 0.866. The maximum absolute atomic E-state index is 12.4. The summed E-state index contributed by atoms with van der Waals surface area (Å²) in [5.74, 6) is 1.06. The van der Waals surface area contributed by atoms with Gasteiger partial charge in [-0.2, -0.15) is 0 Å². The lowest BCUT2D eigenvalue weighted by molar-refractivity contribution is 0.0751. The Balaban J connectivity index is 1.72. The van der Waals surface area contributed by atoms with Gasteiger partial charge in [-0.05, 0) is 56.6 Å². The number of pyridine rings is 1. The third-order valence-corrected chi connectivity index (χ3v) is 4.80. The van der Waals surface area contributed by atoms with Crippen LogP contribution in [0.15, 0.2) is 18.2 Å². The molecule has 0 aliphatic heterocycles. The van der Waals surface area contributed by atoms with Crippen LogP contribution >= 0.6 is 0 Å². The molecule has 3 N–H and O–H groups in total. The number of hydrogen-bond acceptors (Lipinski definition) is 3. The number of aromatic nitrogens is 1. The van der Waals surface area contributed by atoms with Crippen LogP contribution in [-0.2, 0) is 0 Å². The molecule has 1 amide bonds. The van der Waals surface area contributed by atoms with Crippen molar-refractivity contribution >= 4 is 5.91 Å². The number of rotatable bonds is 2. The van der Waals surface area contributed by atoms with Gasteiger partial charge in [0.05, 0.1) is 0 Å². The number of nitrogens with two attached hydrogens (primary N) is 1. The summed E-state index contributed by atoms with van der Waals surface area (Å²) >= 11 is 0. The minimum absolute atomic E-state index is 0.0360. The van der Waals surface area contributed by atoms with Gasteiger partial charge in [0.15, 0.2) is 0 Å². The van der Waals surface area contributed by atoms with Gasteiger partial charge in [-0.3, -0.25) is 4.79 Å². The standard InChI is InChI=1S/C16H23N3O/c1-10-4-2-7-14(18-10)16(20)19-15-11-5-3-6-12(15)9-13(17)8-11/h2,4,7,11-13,15H,3,5-6,8-9,17H2,1H3,(H,19,20). The molecule has 0 saturated heterocycles. The third kappa shape index (κ3) is 2.70. The molecule has 4 heteroatoms. The molecule has 1 aromatic rings. The van der Waals surface area contributed by atoms with Crippen molar-refractivity contribution in [1.29, 1.82) is 0 Å². The molecule has 3 rings (SSSR count). The summed E-state index contributed by atoms with van der Waals surface area (Å²) in [5, 5.41) is 3.23. The molecule has 108 valence electrons. The number of hydrogen-bond donors (Lipinski definition) is 2. The topological polar surface area (TPSA) is 68.0 Å². The van der Waals surface area contributed by atoms with Gasteiger partial charge in [0.1, 0.15) is 5.69 Å². The number of carbonyl (C=O) groups is 1. The summed E-state index contributed by atoms with van der Waals surface area (Å²) in [4.78, 5) is 16.7. The summed E-state index contributed by atoms with van der Waals surface area (Å²) in [7, 11) is 0. The van der Waals surface area contributed by atoms with E-state index >= 15 is 0 Å². The van der Waals surface area contributed by atoms with Gasteiger partial charge in [-0.15, -0.1) is 0 Å². The molecule has 2 fully saturated rings. The lowest BCUT2D eigenvalue weighted by atomic mass is 9.67. The average Bonchev–Trinajstić information content (AvgIpc) is 2.39. The van der Waals surface area contributed by atoms with Crippen molar-refractivity contribution in [3.63, 3.8) is 0 Å². The molecular weight excluding hydrogens is 250 g/mol. The fourth-order valence-electron chi connectivity index (χ4n) is 3.92. The van der Waals surface area contributed by atoms with Gasteiger partial charge >= 0.3 is 0 Å². The summed E-state index contributed by atoms with van der Waals surface area (Å²) in [6.45, 7) is 1.91. The van der Waals surface area contributed by atoms with E-state index in [0.29, 0.717) is 29.6 Å². The molecule has 2 bridgehead atoms.